The number of benzene rings is 3. The molecule has 7 rings (SSSR count). The lowest BCUT2D eigenvalue weighted by Crippen LogP contribution is -2.82. The zero-order valence-corrected chi connectivity index (χ0v) is 35.7. The van der Waals surface area contributed by atoms with Crippen molar-refractivity contribution in [1.29, 1.82) is 0 Å². The Bertz CT molecular complexity index is 2350. The van der Waals surface area contributed by atoms with Crippen molar-refractivity contribution in [3.8, 4) is 0 Å². The first kappa shape index (κ1) is 45.1. The average molecular weight is 869 g/mol. The number of nitrogens with one attached hydrogen (secondary N) is 1. The van der Waals surface area contributed by atoms with Crippen LogP contribution in [0.2, 0.25) is 0 Å². The summed E-state index contributed by atoms with van der Waals surface area (Å²) in [5.41, 5.74) is -1.05. The number of fused-ring (bicyclic) bond motifs is 5. The van der Waals surface area contributed by atoms with Gasteiger partial charge in [0.05, 0.1) is 35.6 Å². The summed E-state index contributed by atoms with van der Waals surface area (Å²) < 4.78 is 30.3. The molecule has 1 amide bonds. The molecule has 11 atom stereocenters. The van der Waals surface area contributed by atoms with Crippen molar-refractivity contribution >= 4 is 41.3 Å². The lowest BCUT2D eigenvalue weighted by Gasteiger charge is -2.67. The molecule has 3 fully saturated rings. The Morgan fingerprint density at radius 2 is 1.51 bits per heavy atom. The number of Topliss-reactive ketones (excluding diaryl/α,β-unsaturated/α-hetero) is 1. The topological polar surface area (TPSA) is 247 Å². The minimum atomic E-state index is -2.43. The SMILES string of the molecule is CC(=O)O[C@H]1C(=O)[C@@]2(C)[C@H]([C@H](OC(=O)c3cccc(N)c3)[C@]3(O)C[C@H](OC(=O)[C@H](O)[C@@H](NC(=O)c4ccccc4)c4ccccc4)C(C)=C1C3(C)C)[C@]1(OC(C)=O)CO[C@@H]1C[C@@H]2O. The normalized spacial score (nSPS) is 31.5. The molecule has 63 heavy (non-hydrogen) atoms. The molecule has 3 aromatic carbocycles. The second kappa shape index (κ2) is 16.6. The van der Waals surface area contributed by atoms with E-state index in [9.17, 15) is 39.3 Å². The Kier molecular flexibility index (Phi) is 11.9. The summed E-state index contributed by atoms with van der Waals surface area (Å²) in [6.07, 6.45) is -10.7. The summed E-state index contributed by atoms with van der Waals surface area (Å²) in [6.45, 7) is 7.88. The van der Waals surface area contributed by atoms with E-state index in [1.54, 1.807) is 80.6 Å². The number of amides is 1. The fraction of sp³-hybridized carbons (Fsp3) is 0.447. The molecule has 2 bridgehead atoms. The Hall–Kier alpha value is -5.94. The number of rotatable bonds is 10. The Labute approximate surface area is 363 Å². The first-order valence-corrected chi connectivity index (χ1v) is 20.7. The van der Waals surface area contributed by atoms with Crippen LogP contribution in [0.15, 0.2) is 96.1 Å². The number of aliphatic hydroxyl groups is 3. The van der Waals surface area contributed by atoms with Crippen LogP contribution in [-0.4, -0.2) is 105 Å². The molecular formula is C47H52N2O14. The van der Waals surface area contributed by atoms with Crippen LogP contribution in [0.25, 0.3) is 0 Å². The van der Waals surface area contributed by atoms with Gasteiger partial charge in [-0.1, -0.05) is 68.4 Å². The smallest absolute Gasteiger partial charge is 0.338 e. The third kappa shape index (κ3) is 7.58. The molecule has 0 radical (unpaired) electrons. The maximum absolute atomic E-state index is 15.5. The maximum atomic E-state index is 15.5. The van der Waals surface area contributed by atoms with Gasteiger partial charge in [-0.2, -0.15) is 0 Å². The van der Waals surface area contributed by atoms with Gasteiger partial charge in [0.25, 0.3) is 5.91 Å². The lowest BCUT2D eigenvalue weighted by molar-refractivity contribution is -0.346. The van der Waals surface area contributed by atoms with Crippen molar-refractivity contribution in [2.75, 3.05) is 12.3 Å². The quantitative estimate of drug-likeness (QED) is 0.0849. The molecule has 334 valence electrons. The van der Waals surface area contributed by atoms with Gasteiger partial charge in [-0.05, 0) is 60.9 Å². The van der Waals surface area contributed by atoms with Crippen molar-refractivity contribution in [2.24, 2.45) is 16.7 Å². The monoisotopic (exact) mass is 868 g/mol. The second-order valence-electron chi connectivity index (χ2n) is 17.6. The number of aliphatic hydroxyl groups excluding tert-OH is 2. The highest BCUT2D eigenvalue weighted by Gasteiger charge is 2.78. The van der Waals surface area contributed by atoms with E-state index in [0.29, 0.717) is 5.56 Å². The molecule has 2 saturated carbocycles. The summed E-state index contributed by atoms with van der Waals surface area (Å²) >= 11 is 0. The molecule has 16 heteroatoms. The zero-order valence-electron chi connectivity index (χ0n) is 35.7. The number of anilines is 1. The largest absolute Gasteiger partial charge is 0.456 e. The van der Waals surface area contributed by atoms with Crippen molar-refractivity contribution in [1.82, 2.24) is 5.32 Å². The fourth-order valence-electron chi connectivity index (χ4n) is 10.3. The minimum absolute atomic E-state index is 0.0221. The van der Waals surface area contributed by atoms with Crippen LogP contribution in [0.3, 0.4) is 0 Å². The molecular weight excluding hydrogens is 817 g/mol. The van der Waals surface area contributed by atoms with Gasteiger partial charge in [0.2, 0.25) is 0 Å². The molecule has 0 aromatic heterocycles. The Morgan fingerprint density at radius 1 is 0.873 bits per heavy atom. The van der Waals surface area contributed by atoms with E-state index in [1.165, 1.54) is 32.0 Å². The predicted octanol–water partition coefficient (Wildman–Crippen LogP) is 3.32. The molecule has 1 aliphatic heterocycles. The number of carbonyl (C=O) groups is 6. The van der Waals surface area contributed by atoms with Crippen LogP contribution in [0.5, 0.6) is 0 Å². The number of nitrogens with two attached hydrogens (primary N) is 1. The molecule has 6 N–H and O–H groups in total. The van der Waals surface area contributed by atoms with E-state index in [-0.39, 0.29) is 41.0 Å². The molecule has 4 aliphatic rings. The average Bonchev–Trinajstić information content (AvgIpc) is 3.23. The lowest BCUT2D eigenvalue weighted by atomic mass is 9.44. The maximum Gasteiger partial charge on any atom is 0.338 e. The third-order valence-corrected chi connectivity index (χ3v) is 13.6. The van der Waals surface area contributed by atoms with Gasteiger partial charge in [-0.3, -0.25) is 19.2 Å². The van der Waals surface area contributed by atoms with Gasteiger partial charge >= 0.3 is 23.9 Å². The third-order valence-electron chi connectivity index (χ3n) is 13.6. The van der Waals surface area contributed by atoms with Gasteiger partial charge in [0.1, 0.15) is 23.9 Å². The van der Waals surface area contributed by atoms with E-state index in [1.807, 2.05) is 0 Å². The number of ketones is 1. The van der Waals surface area contributed by atoms with E-state index >= 15 is 4.79 Å². The standard InChI is InChI=1S/C47H52N2O14/c1-24-31(61-43(57)36(53)35(27-14-9-7-10-15-27)49-41(55)28-16-11-8-12-17-28)22-47(58)40(62-42(56)29-18-13-19-30(48)20-29)38-45(6,32(52)21-33-46(38,23-59-33)63-26(3)51)39(54)37(60-25(2)50)34(24)44(47,4)5/h7-20,31-33,35-38,40,52-53,58H,21-23,48H2,1-6H3,(H,49,55)/t31-,32-,33+,35-,36+,37+,38-,40-,45+,46-,47+/m0/s1. The summed E-state index contributed by atoms with van der Waals surface area (Å²) in [4.78, 5) is 83.7. The summed E-state index contributed by atoms with van der Waals surface area (Å²) in [5, 5.41) is 40.3. The number of esters is 4. The highest BCUT2D eigenvalue weighted by Crippen LogP contribution is 2.64. The predicted molar refractivity (Wildman–Crippen MR) is 222 cm³/mol. The van der Waals surface area contributed by atoms with Gasteiger partial charge in [0.15, 0.2) is 23.6 Å². The molecule has 0 unspecified atom stereocenters. The van der Waals surface area contributed by atoms with Crippen LogP contribution in [0.4, 0.5) is 5.69 Å². The van der Waals surface area contributed by atoms with E-state index < -0.39 is 113 Å². The van der Waals surface area contributed by atoms with Gasteiger partial charge in [0, 0.05) is 43.4 Å². The number of carbonyl (C=O) groups excluding carboxylic acids is 6. The molecule has 3 aliphatic carbocycles. The van der Waals surface area contributed by atoms with Crippen molar-refractivity contribution in [2.45, 2.75) is 108 Å². The van der Waals surface area contributed by atoms with Gasteiger partial charge < -0.3 is 50.1 Å². The van der Waals surface area contributed by atoms with Crippen molar-refractivity contribution in [3.63, 3.8) is 0 Å². The van der Waals surface area contributed by atoms with E-state index in [4.69, 9.17) is 29.4 Å². The molecule has 3 aromatic rings. The Balaban J connectivity index is 1.39. The van der Waals surface area contributed by atoms with Crippen LogP contribution >= 0.6 is 0 Å². The second-order valence-corrected chi connectivity index (χ2v) is 17.6. The number of hydrogen-bond acceptors (Lipinski definition) is 15. The highest BCUT2D eigenvalue weighted by atomic mass is 16.6. The molecule has 1 saturated heterocycles. The molecule has 1 heterocycles. The van der Waals surface area contributed by atoms with E-state index in [2.05, 4.69) is 5.32 Å². The first-order valence-electron chi connectivity index (χ1n) is 20.7. The van der Waals surface area contributed by atoms with Crippen LogP contribution in [-0.2, 0) is 42.9 Å². The Morgan fingerprint density at radius 3 is 2.10 bits per heavy atom. The number of hydrogen-bond donors (Lipinski definition) is 5. The van der Waals surface area contributed by atoms with Crippen molar-refractivity contribution in [3.05, 3.63) is 113 Å². The molecule has 0 spiro atoms. The van der Waals surface area contributed by atoms with Gasteiger partial charge in [-0.25, -0.2) is 9.59 Å². The summed E-state index contributed by atoms with van der Waals surface area (Å²) in [6, 6.07) is 20.9. The van der Waals surface area contributed by atoms with Crippen LogP contribution in [0.1, 0.15) is 86.7 Å². The number of ether oxygens (including phenoxy) is 5. The zero-order chi connectivity index (χ0) is 45.8. The first-order chi connectivity index (χ1) is 29.7. The van der Waals surface area contributed by atoms with Crippen molar-refractivity contribution < 1.29 is 67.8 Å². The van der Waals surface area contributed by atoms with Crippen LogP contribution in [0, 0.1) is 16.7 Å². The molecule has 16 nitrogen and oxygen atoms in total. The highest BCUT2D eigenvalue weighted by molar-refractivity contribution is 5.96. The van der Waals surface area contributed by atoms with E-state index in [0.717, 1.165) is 13.8 Å². The fourth-order valence-corrected chi connectivity index (χ4v) is 10.3. The summed E-state index contributed by atoms with van der Waals surface area (Å²) in [5.74, 6) is -7.02. The number of nitrogen functional groups attached to an aromatic ring is 1. The van der Waals surface area contributed by atoms with Crippen LogP contribution < -0.4 is 11.1 Å². The minimum Gasteiger partial charge on any atom is -0.456 e. The summed E-state index contributed by atoms with van der Waals surface area (Å²) in [7, 11) is 0. The van der Waals surface area contributed by atoms with Gasteiger partial charge in [-0.15, -0.1) is 0 Å².